The van der Waals surface area contributed by atoms with Crippen LogP contribution >= 0.6 is 12.8 Å². The molecule has 0 aliphatic heterocycles. The van der Waals surface area contributed by atoms with Crippen LogP contribution in [0.25, 0.3) is 0 Å². The van der Waals surface area contributed by atoms with E-state index in [-0.39, 0.29) is 6.03 Å². The van der Waals surface area contributed by atoms with Crippen molar-refractivity contribution in [3.63, 3.8) is 0 Å². The zero-order valence-electron chi connectivity index (χ0n) is 14.1. The van der Waals surface area contributed by atoms with E-state index in [0.29, 0.717) is 12.0 Å². The molecule has 122 valence electrons. The maximum absolute atomic E-state index is 12.3. The third-order valence-electron chi connectivity index (χ3n) is 4.04. The summed E-state index contributed by atoms with van der Waals surface area (Å²) in [6.07, 6.45) is 5.05. The molecule has 2 amide bonds. The first-order valence-corrected chi connectivity index (χ1v) is 8.80. The number of aryl methyl sites for hydroxylation is 2. The van der Waals surface area contributed by atoms with E-state index >= 15 is 0 Å². The summed E-state index contributed by atoms with van der Waals surface area (Å²) >= 11 is 4.49. The van der Waals surface area contributed by atoms with E-state index in [2.05, 4.69) is 58.0 Å². The Kier molecular flexibility index (Phi) is 5.79. The molecule has 22 heavy (non-hydrogen) atoms. The fourth-order valence-electron chi connectivity index (χ4n) is 2.80. The van der Waals surface area contributed by atoms with Gasteiger partial charge in [0.15, 0.2) is 0 Å². The van der Waals surface area contributed by atoms with Crippen LogP contribution in [0.2, 0.25) is 0 Å². The minimum Gasteiger partial charge on any atom is -0.334 e. The molecule has 0 heterocycles. The zero-order chi connectivity index (χ0) is 16.3. The summed E-state index contributed by atoms with van der Waals surface area (Å²) in [5.74, 6) is 0.630. The fourth-order valence-corrected chi connectivity index (χ4v) is 3.11. The van der Waals surface area contributed by atoms with Crippen molar-refractivity contribution >= 4 is 24.5 Å². The summed E-state index contributed by atoms with van der Waals surface area (Å²) < 4.78 is 1.51. The van der Waals surface area contributed by atoms with Crippen molar-refractivity contribution in [1.82, 2.24) is 5.32 Å². The number of hydrogen-bond acceptors (Lipinski definition) is 2. The largest absolute Gasteiger partial charge is 0.334 e. The van der Waals surface area contributed by atoms with E-state index in [9.17, 15) is 4.79 Å². The molecule has 1 aromatic rings. The number of amides is 2. The molecule has 1 saturated carbocycles. The van der Waals surface area contributed by atoms with Gasteiger partial charge in [0.2, 0.25) is 0 Å². The lowest BCUT2D eigenvalue weighted by atomic mass is 9.94. The first-order chi connectivity index (χ1) is 10.5. The number of nitrogens with zero attached hydrogens (tertiary/aromatic N) is 1. The predicted octanol–water partition coefficient (Wildman–Crippen LogP) is 4.53. The summed E-state index contributed by atoms with van der Waals surface area (Å²) in [6, 6.07) is 4.72. The van der Waals surface area contributed by atoms with Gasteiger partial charge in [0, 0.05) is 6.04 Å². The number of benzene rings is 1. The average molecular weight is 321 g/mol. The lowest BCUT2D eigenvalue weighted by Gasteiger charge is -2.24. The maximum Gasteiger partial charge on any atom is 0.332 e. The van der Waals surface area contributed by atoms with Crippen molar-refractivity contribution in [3.05, 3.63) is 28.8 Å². The molecule has 1 aromatic carbocycles. The number of carbonyl (C=O) groups excluding carboxylic acids is 1. The minimum atomic E-state index is -0.105. The second-order valence-corrected chi connectivity index (χ2v) is 7.00. The molecule has 3 nitrogen and oxygen atoms in total. The summed E-state index contributed by atoms with van der Waals surface area (Å²) in [5, 5.41) is 3.01. The number of anilines is 1. The third-order valence-corrected chi connectivity index (χ3v) is 4.42. The monoisotopic (exact) mass is 320 g/mol. The van der Waals surface area contributed by atoms with Crippen LogP contribution < -0.4 is 9.62 Å². The molecule has 1 aliphatic carbocycles. The SMILES string of the molecule is CCc1cc(CC(C)C)cc(CC)c1N(S)C(=O)NC1CC1. The standard InChI is InChI=1S/C18H28N2OS/c1-5-14-10-13(9-12(3)4)11-15(6-2)17(14)20(22)18(21)19-16-7-8-16/h10-12,16,22H,5-9H2,1-4H3,(H,19,21). The Labute approximate surface area is 140 Å². The molecular weight excluding hydrogens is 292 g/mol. The molecule has 1 N–H and O–H groups in total. The Balaban J connectivity index is 2.32. The van der Waals surface area contributed by atoms with Gasteiger partial charge in [-0.2, -0.15) is 0 Å². The van der Waals surface area contributed by atoms with Crippen molar-refractivity contribution in [2.75, 3.05) is 4.31 Å². The molecule has 0 atom stereocenters. The number of urea groups is 1. The molecule has 1 fully saturated rings. The third kappa shape index (κ3) is 4.19. The van der Waals surface area contributed by atoms with E-state index < -0.39 is 0 Å². The molecule has 0 bridgehead atoms. The molecule has 0 aromatic heterocycles. The highest BCUT2D eigenvalue weighted by Crippen LogP contribution is 2.31. The zero-order valence-corrected chi connectivity index (χ0v) is 15.0. The topological polar surface area (TPSA) is 32.3 Å². The Hall–Kier alpha value is -1.16. The Morgan fingerprint density at radius 2 is 1.82 bits per heavy atom. The Bertz CT molecular complexity index is 513. The minimum absolute atomic E-state index is 0.105. The number of rotatable bonds is 6. The summed E-state index contributed by atoms with van der Waals surface area (Å²) in [4.78, 5) is 12.3. The highest BCUT2D eigenvalue weighted by molar-refractivity contribution is 7.82. The van der Waals surface area contributed by atoms with Gasteiger partial charge in [-0.15, -0.1) is 0 Å². The summed E-state index contributed by atoms with van der Waals surface area (Å²) in [5.41, 5.74) is 4.74. The van der Waals surface area contributed by atoms with E-state index in [1.54, 1.807) is 0 Å². The molecular formula is C18H28N2OS. The second kappa shape index (κ2) is 7.40. The van der Waals surface area contributed by atoms with Gasteiger partial charge >= 0.3 is 6.03 Å². The van der Waals surface area contributed by atoms with Gasteiger partial charge in [0.25, 0.3) is 0 Å². The smallest absolute Gasteiger partial charge is 0.332 e. The first kappa shape index (κ1) is 17.2. The molecule has 0 unspecified atom stereocenters. The maximum atomic E-state index is 12.3. The van der Waals surface area contributed by atoms with Gasteiger partial charge < -0.3 is 5.32 Å². The Morgan fingerprint density at radius 1 is 1.27 bits per heavy atom. The van der Waals surface area contributed by atoms with Gasteiger partial charge in [0.05, 0.1) is 5.69 Å². The van der Waals surface area contributed by atoms with Gasteiger partial charge in [-0.25, -0.2) is 9.10 Å². The van der Waals surface area contributed by atoms with Crippen molar-refractivity contribution in [2.24, 2.45) is 5.92 Å². The van der Waals surface area contributed by atoms with Crippen LogP contribution in [0.15, 0.2) is 12.1 Å². The van der Waals surface area contributed by atoms with Crippen LogP contribution in [0.1, 0.15) is 57.2 Å². The van der Waals surface area contributed by atoms with Crippen molar-refractivity contribution in [1.29, 1.82) is 0 Å². The van der Waals surface area contributed by atoms with E-state index in [0.717, 1.165) is 37.8 Å². The summed E-state index contributed by atoms with van der Waals surface area (Å²) in [6.45, 7) is 8.74. The van der Waals surface area contributed by atoms with E-state index in [1.807, 2.05) is 0 Å². The van der Waals surface area contributed by atoms with Crippen molar-refractivity contribution in [3.8, 4) is 0 Å². The molecule has 4 heteroatoms. The fraction of sp³-hybridized carbons (Fsp3) is 0.611. The van der Waals surface area contributed by atoms with Crippen LogP contribution in [0, 0.1) is 5.92 Å². The number of carbonyl (C=O) groups is 1. The molecule has 2 rings (SSSR count). The first-order valence-electron chi connectivity index (χ1n) is 8.40. The quantitative estimate of drug-likeness (QED) is 0.741. The van der Waals surface area contributed by atoms with Crippen LogP contribution in [0.5, 0.6) is 0 Å². The lowest BCUT2D eigenvalue weighted by Crippen LogP contribution is -2.36. The highest BCUT2D eigenvalue weighted by Gasteiger charge is 2.27. The number of thiol groups is 1. The molecule has 0 spiro atoms. The van der Waals surface area contributed by atoms with Crippen LogP contribution in [-0.2, 0) is 19.3 Å². The number of hydrogen-bond donors (Lipinski definition) is 2. The van der Waals surface area contributed by atoms with E-state index in [1.165, 1.54) is 21.0 Å². The average Bonchev–Trinajstić information content (AvgIpc) is 3.28. The van der Waals surface area contributed by atoms with Gasteiger partial charge in [-0.1, -0.05) is 52.6 Å². The van der Waals surface area contributed by atoms with Gasteiger partial charge in [-0.05, 0) is 54.7 Å². The highest BCUT2D eigenvalue weighted by atomic mass is 32.1. The Morgan fingerprint density at radius 3 is 2.23 bits per heavy atom. The van der Waals surface area contributed by atoms with Crippen LogP contribution in [0.4, 0.5) is 10.5 Å². The molecule has 0 radical (unpaired) electrons. The number of nitrogens with one attached hydrogen (secondary N) is 1. The van der Waals surface area contributed by atoms with Crippen LogP contribution in [-0.4, -0.2) is 12.1 Å². The summed E-state index contributed by atoms with van der Waals surface area (Å²) in [7, 11) is 0. The van der Waals surface area contributed by atoms with Gasteiger partial charge in [0.1, 0.15) is 0 Å². The van der Waals surface area contributed by atoms with Crippen LogP contribution in [0.3, 0.4) is 0 Å². The molecule has 0 saturated heterocycles. The van der Waals surface area contributed by atoms with Crippen molar-refractivity contribution < 1.29 is 4.79 Å². The molecule has 1 aliphatic rings. The van der Waals surface area contributed by atoms with Crippen molar-refractivity contribution in [2.45, 2.75) is 65.8 Å². The van der Waals surface area contributed by atoms with Gasteiger partial charge in [-0.3, -0.25) is 0 Å². The second-order valence-electron chi connectivity index (χ2n) is 6.60. The van der Waals surface area contributed by atoms with E-state index in [4.69, 9.17) is 0 Å². The lowest BCUT2D eigenvalue weighted by molar-refractivity contribution is 0.249. The normalized spacial score (nSPS) is 14.3. The predicted molar refractivity (Wildman–Crippen MR) is 96.8 cm³/mol.